The van der Waals surface area contributed by atoms with Crippen LogP contribution in [0.1, 0.15) is 44.6 Å². The SMILES string of the molecule is O=C(c1ccccc1)C(O)c1ccccc1C(Cc1ccccc1)c1ccccc1. The molecule has 2 heteroatoms. The first kappa shape index (κ1) is 19.8. The molecule has 0 aliphatic heterocycles. The van der Waals surface area contributed by atoms with Gasteiger partial charge >= 0.3 is 0 Å². The number of carbonyl (C=O) groups excluding carboxylic acids is 1. The molecule has 4 rings (SSSR count). The molecule has 0 aromatic heterocycles. The van der Waals surface area contributed by atoms with Gasteiger partial charge in [-0.25, -0.2) is 0 Å². The minimum atomic E-state index is -1.20. The summed E-state index contributed by atoms with van der Waals surface area (Å²) in [5, 5.41) is 11.0. The van der Waals surface area contributed by atoms with Crippen LogP contribution in [0.2, 0.25) is 0 Å². The van der Waals surface area contributed by atoms with Crippen LogP contribution >= 0.6 is 0 Å². The number of aliphatic hydroxyl groups excluding tert-OH is 1. The molecule has 0 aliphatic carbocycles. The lowest BCUT2D eigenvalue weighted by molar-refractivity contribution is 0.0745. The normalized spacial score (nSPS) is 12.8. The van der Waals surface area contributed by atoms with Gasteiger partial charge in [-0.1, -0.05) is 115 Å². The van der Waals surface area contributed by atoms with E-state index >= 15 is 0 Å². The second kappa shape index (κ2) is 9.34. The fraction of sp³-hybridized carbons (Fsp3) is 0.107. The van der Waals surface area contributed by atoms with Gasteiger partial charge in [-0.05, 0) is 28.7 Å². The number of ketones is 1. The average molecular weight is 392 g/mol. The molecule has 4 aromatic rings. The highest BCUT2D eigenvalue weighted by Gasteiger charge is 2.25. The lowest BCUT2D eigenvalue weighted by atomic mass is 9.81. The van der Waals surface area contributed by atoms with Gasteiger partial charge in [0.1, 0.15) is 6.10 Å². The van der Waals surface area contributed by atoms with Crippen molar-refractivity contribution in [3.63, 3.8) is 0 Å². The van der Waals surface area contributed by atoms with Crippen LogP contribution in [-0.4, -0.2) is 10.9 Å². The maximum atomic E-state index is 13.0. The van der Waals surface area contributed by atoms with Crippen molar-refractivity contribution >= 4 is 5.78 Å². The van der Waals surface area contributed by atoms with Gasteiger partial charge in [0.25, 0.3) is 0 Å². The van der Waals surface area contributed by atoms with Gasteiger partial charge in [-0.15, -0.1) is 0 Å². The van der Waals surface area contributed by atoms with Crippen molar-refractivity contribution in [1.82, 2.24) is 0 Å². The number of hydrogen-bond donors (Lipinski definition) is 1. The van der Waals surface area contributed by atoms with Crippen LogP contribution in [0.5, 0.6) is 0 Å². The van der Waals surface area contributed by atoms with E-state index in [0.717, 1.165) is 17.5 Å². The smallest absolute Gasteiger partial charge is 0.195 e. The monoisotopic (exact) mass is 392 g/mol. The fourth-order valence-electron chi connectivity index (χ4n) is 3.92. The van der Waals surface area contributed by atoms with Crippen molar-refractivity contribution in [3.8, 4) is 0 Å². The average Bonchev–Trinajstić information content (AvgIpc) is 2.83. The third-order valence-corrected chi connectivity index (χ3v) is 5.46. The van der Waals surface area contributed by atoms with Crippen molar-refractivity contribution in [2.75, 3.05) is 0 Å². The molecule has 0 aliphatic rings. The van der Waals surface area contributed by atoms with Crippen LogP contribution in [0.4, 0.5) is 0 Å². The second-order valence-electron chi connectivity index (χ2n) is 7.41. The summed E-state index contributed by atoms with van der Waals surface area (Å²) in [6.07, 6.45) is -0.417. The molecule has 0 radical (unpaired) electrons. The fourth-order valence-corrected chi connectivity index (χ4v) is 3.92. The van der Waals surface area contributed by atoms with Crippen LogP contribution in [0.15, 0.2) is 115 Å². The molecule has 2 atom stereocenters. The van der Waals surface area contributed by atoms with E-state index in [1.54, 1.807) is 12.1 Å². The lowest BCUT2D eigenvalue weighted by Gasteiger charge is -2.23. The van der Waals surface area contributed by atoms with Crippen LogP contribution in [-0.2, 0) is 6.42 Å². The molecule has 0 heterocycles. The Morgan fingerprint density at radius 1 is 0.633 bits per heavy atom. The van der Waals surface area contributed by atoms with Crippen LogP contribution in [0.25, 0.3) is 0 Å². The van der Waals surface area contributed by atoms with E-state index in [0.29, 0.717) is 11.1 Å². The van der Waals surface area contributed by atoms with Gasteiger partial charge in [0.15, 0.2) is 5.78 Å². The first-order valence-electron chi connectivity index (χ1n) is 10.2. The first-order valence-corrected chi connectivity index (χ1v) is 10.2. The summed E-state index contributed by atoms with van der Waals surface area (Å²) >= 11 is 0. The number of carbonyl (C=O) groups is 1. The van der Waals surface area contributed by atoms with E-state index in [2.05, 4.69) is 24.3 Å². The summed E-state index contributed by atoms with van der Waals surface area (Å²) in [6.45, 7) is 0. The number of benzene rings is 4. The molecule has 2 unspecified atom stereocenters. The predicted octanol–water partition coefficient (Wildman–Crippen LogP) is 5.98. The third-order valence-electron chi connectivity index (χ3n) is 5.46. The van der Waals surface area contributed by atoms with Crippen LogP contribution in [0.3, 0.4) is 0 Å². The van der Waals surface area contributed by atoms with E-state index in [1.165, 1.54) is 5.56 Å². The van der Waals surface area contributed by atoms with Gasteiger partial charge in [0.05, 0.1) is 0 Å². The molecule has 1 N–H and O–H groups in total. The maximum absolute atomic E-state index is 13.0. The summed E-state index contributed by atoms with van der Waals surface area (Å²) in [5.74, 6) is -0.252. The minimum absolute atomic E-state index is 0.0306. The molecule has 0 bridgehead atoms. The zero-order chi connectivity index (χ0) is 20.8. The van der Waals surface area contributed by atoms with E-state index in [9.17, 15) is 9.90 Å². The maximum Gasteiger partial charge on any atom is 0.195 e. The number of aliphatic hydroxyl groups is 1. The van der Waals surface area contributed by atoms with Gasteiger partial charge in [-0.3, -0.25) is 4.79 Å². The Hall–Kier alpha value is -3.49. The van der Waals surface area contributed by atoms with E-state index in [4.69, 9.17) is 0 Å². The molecule has 0 saturated carbocycles. The topological polar surface area (TPSA) is 37.3 Å². The molecule has 0 spiro atoms. The molecule has 0 fully saturated rings. The molecule has 2 nitrogen and oxygen atoms in total. The largest absolute Gasteiger partial charge is 0.380 e. The molecular formula is C28H24O2. The van der Waals surface area contributed by atoms with Crippen LogP contribution < -0.4 is 0 Å². The summed E-state index contributed by atoms with van der Waals surface area (Å²) in [4.78, 5) is 13.0. The molecule has 30 heavy (non-hydrogen) atoms. The quantitative estimate of drug-likeness (QED) is 0.393. The molecule has 0 saturated heterocycles. The van der Waals surface area contributed by atoms with Gasteiger partial charge in [0, 0.05) is 11.5 Å². The summed E-state index contributed by atoms with van der Waals surface area (Å²) < 4.78 is 0. The summed E-state index contributed by atoms with van der Waals surface area (Å²) in [7, 11) is 0. The number of rotatable bonds is 7. The predicted molar refractivity (Wildman–Crippen MR) is 121 cm³/mol. The van der Waals surface area contributed by atoms with Gasteiger partial charge < -0.3 is 5.11 Å². The minimum Gasteiger partial charge on any atom is -0.380 e. The van der Waals surface area contributed by atoms with Crippen molar-refractivity contribution in [3.05, 3.63) is 143 Å². The Morgan fingerprint density at radius 2 is 1.13 bits per heavy atom. The van der Waals surface area contributed by atoms with E-state index in [-0.39, 0.29) is 11.7 Å². The van der Waals surface area contributed by atoms with E-state index < -0.39 is 6.10 Å². The second-order valence-corrected chi connectivity index (χ2v) is 7.41. The number of hydrogen-bond acceptors (Lipinski definition) is 2. The zero-order valence-electron chi connectivity index (χ0n) is 16.7. The zero-order valence-corrected chi connectivity index (χ0v) is 16.7. The third kappa shape index (κ3) is 4.40. The Kier molecular flexibility index (Phi) is 6.17. The van der Waals surface area contributed by atoms with E-state index in [1.807, 2.05) is 78.9 Å². The highest BCUT2D eigenvalue weighted by Crippen LogP contribution is 2.34. The standard InChI is InChI=1S/C28H24O2/c29-27(23-16-8-3-9-17-23)28(30)25-19-11-10-18-24(25)26(22-14-6-2-7-15-22)20-21-12-4-1-5-13-21/h1-19,26,28,30H,20H2. The molecule has 0 amide bonds. The molecule has 148 valence electrons. The van der Waals surface area contributed by atoms with Gasteiger partial charge in [-0.2, -0.15) is 0 Å². The molecule has 4 aromatic carbocycles. The highest BCUT2D eigenvalue weighted by atomic mass is 16.3. The van der Waals surface area contributed by atoms with Gasteiger partial charge in [0.2, 0.25) is 0 Å². The van der Waals surface area contributed by atoms with Crippen LogP contribution in [0, 0.1) is 0 Å². The Balaban J connectivity index is 1.75. The van der Waals surface area contributed by atoms with Crippen molar-refractivity contribution in [1.29, 1.82) is 0 Å². The van der Waals surface area contributed by atoms with Crippen molar-refractivity contribution < 1.29 is 9.90 Å². The summed E-state index contributed by atoms with van der Waals surface area (Å²) in [5.41, 5.74) is 4.53. The Bertz CT molecular complexity index is 1090. The first-order chi connectivity index (χ1) is 14.7. The Labute approximate surface area is 177 Å². The van der Waals surface area contributed by atoms with Crippen molar-refractivity contribution in [2.24, 2.45) is 0 Å². The highest BCUT2D eigenvalue weighted by molar-refractivity contribution is 6.00. The van der Waals surface area contributed by atoms with Crippen molar-refractivity contribution in [2.45, 2.75) is 18.4 Å². The number of Topliss-reactive ketones (excluding diaryl/α,β-unsaturated/α-hetero) is 1. The lowest BCUT2D eigenvalue weighted by Crippen LogP contribution is -2.17. The summed E-state index contributed by atoms with van der Waals surface area (Å²) in [6, 6.07) is 37.3. The Morgan fingerprint density at radius 3 is 1.77 bits per heavy atom. The molecular weight excluding hydrogens is 368 g/mol.